The summed E-state index contributed by atoms with van der Waals surface area (Å²) in [5, 5.41) is 4.20. The molecule has 0 spiro atoms. The Morgan fingerprint density at radius 2 is 1.74 bits per heavy atom. The molecule has 0 aliphatic carbocycles. The summed E-state index contributed by atoms with van der Waals surface area (Å²) in [4.78, 5) is 23.9. The fraction of sp³-hybridized carbons (Fsp3) is 0.769. The summed E-state index contributed by atoms with van der Waals surface area (Å²) in [6.45, 7) is 12.6. The average molecular weight is 269 g/mol. The minimum Gasteiger partial charge on any atom is -0.443 e. The minimum absolute atomic E-state index is 0.100. The Bertz CT molecular complexity index is 527. The molecule has 0 saturated heterocycles. The van der Waals surface area contributed by atoms with Gasteiger partial charge in [-0.3, -0.25) is 4.79 Å². The molecule has 0 aliphatic rings. The molecule has 0 fully saturated rings. The van der Waals surface area contributed by atoms with E-state index < -0.39 is 11.0 Å². The third kappa shape index (κ3) is 3.45. The summed E-state index contributed by atoms with van der Waals surface area (Å²) in [5.41, 5.74) is -1.26. The highest BCUT2D eigenvalue weighted by Gasteiger charge is 2.25. The first-order valence-corrected chi connectivity index (χ1v) is 6.29. The second kappa shape index (κ2) is 4.83. The second-order valence-electron chi connectivity index (χ2n) is 6.65. The van der Waals surface area contributed by atoms with E-state index in [1.54, 1.807) is 27.7 Å². The number of carbonyl (C=O) groups excluding carboxylic acids is 1. The Morgan fingerprint density at radius 3 is 2.11 bits per heavy atom. The van der Waals surface area contributed by atoms with Crippen molar-refractivity contribution in [3.05, 3.63) is 16.3 Å². The lowest BCUT2D eigenvalue weighted by molar-refractivity contribution is -0.157. The van der Waals surface area contributed by atoms with Gasteiger partial charge < -0.3 is 4.74 Å². The Hall–Kier alpha value is -1.59. The van der Waals surface area contributed by atoms with Gasteiger partial charge in [-0.2, -0.15) is 5.10 Å². The van der Waals surface area contributed by atoms with E-state index in [1.807, 2.05) is 20.8 Å². The third-order valence-corrected chi connectivity index (χ3v) is 2.62. The van der Waals surface area contributed by atoms with E-state index in [1.165, 1.54) is 9.25 Å². The zero-order valence-corrected chi connectivity index (χ0v) is 12.8. The van der Waals surface area contributed by atoms with Crippen LogP contribution in [0.15, 0.2) is 4.79 Å². The Kier molecular flexibility index (Phi) is 3.93. The SMILES string of the molecule is Cc1nn(C(C)(C)C)c(=O)n1COC(=O)C(C)(C)C. The van der Waals surface area contributed by atoms with Gasteiger partial charge in [0.1, 0.15) is 5.82 Å². The normalized spacial score (nSPS) is 12.6. The van der Waals surface area contributed by atoms with Crippen molar-refractivity contribution in [3.8, 4) is 0 Å². The summed E-state index contributed by atoms with van der Waals surface area (Å²) in [7, 11) is 0. The zero-order valence-electron chi connectivity index (χ0n) is 12.8. The van der Waals surface area contributed by atoms with Crippen LogP contribution in [0.5, 0.6) is 0 Å². The number of hydrogen-bond acceptors (Lipinski definition) is 4. The molecule has 0 saturated carbocycles. The highest BCUT2D eigenvalue weighted by atomic mass is 16.5. The number of nitrogens with zero attached hydrogens (tertiary/aromatic N) is 3. The van der Waals surface area contributed by atoms with Crippen LogP contribution >= 0.6 is 0 Å². The fourth-order valence-electron chi connectivity index (χ4n) is 1.42. The van der Waals surface area contributed by atoms with Gasteiger partial charge in [0.05, 0.1) is 11.0 Å². The summed E-state index contributed by atoms with van der Waals surface area (Å²) in [6, 6.07) is 0. The summed E-state index contributed by atoms with van der Waals surface area (Å²) >= 11 is 0. The van der Waals surface area contributed by atoms with Crippen LogP contribution in [0.3, 0.4) is 0 Å². The Morgan fingerprint density at radius 1 is 1.21 bits per heavy atom. The number of aryl methyl sites for hydroxylation is 1. The van der Waals surface area contributed by atoms with Crippen LogP contribution in [0.2, 0.25) is 0 Å². The van der Waals surface area contributed by atoms with Gasteiger partial charge in [-0.1, -0.05) is 0 Å². The molecule has 0 radical (unpaired) electrons. The molecule has 6 nitrogen and oxygen atoms in total. The molecular weight excluding hydrogens is 246 g/mol. The predicted molar refractivity (Wildman–Crippen MR) is 71.8 cm³/mol. The van der Waals surface area contributed by atoms with Crippen molar-refractivity contribution in [3.63, 3.8) is 0 Å². The summed E-state index contributed by atoms with van der Waals surface area (Å²) < 4.78 is 7.90. The van der Waals surface area contributed by atoms with Crippen LogP contribution in [0.4, 0.5) is 0 Å². The van der Waals surface area contributed by atoms with Gasteiger partial charge in [-0.05, 0) is 48.5 Å². The topological polar surface area (TPSA) is 66.1 Å². The Balaban J connectivity index is 2.96. The van der Waals surface area contributed by atoms with Crippen LogP contribution < -0.4 is 5.69 Å². The largest absolute Gasteiger partial charge is 0.443 e. The van der Waals surface area contributed by atoms with Crippen molar-refractivity contribution >= 4 is 5.97 Å². The number of carbonyl (C=O) groups is 1. The standard InChI is InChI=1S/C13H23N3O3/c1-9-14-16(13(5,6)7)11(18)15(9)8-19-10(17)12(2,3)4/h8H2,1-7H3. The molecule has 0 unspecified atom stereocenters. The molecule has 1 aromatic heterocycles. The first kappa shape index (κ1) is 15.5. The number of hydrogen-bond donors (Lipinski definition) is 0. The van der Waals surface area contributed by atoms with Crippen molar-refractivity contribution in [1.29, 1.82) is 0 Å². The van der Waals surface area contributed by atoms with Crippen molar-refractivity contribution in [2.75, 3.05) is 0 Å². The van der Waals surface area contributed by atoms with E-state index in [9.17, 15) is 9.59 Å². The molecule has 0 amide bonds. The molecule has 1 rings (SSSR count). The molecule has 19 heavy (non-hydrogen) atoms. The van der Waals surface area contributed by atoms with Gasteiger partial charge in [-0.25, -0.2) is 14.0 Å². The molecule has 0 N–H and O–H groups in total. The summed E-state index contributed by atoms with van der Waals surface area (Å²) in [5.74, 6) is 0.184. The van der Waals surface area contributed by atoms with Gasteiger partial charge in [-0.15, -0.1) is 0 Å². The van der Waals surface area contributed by atoms with E-state index >= 15 is 0 Å². The molecule has 6 heteroatoms. The lowest BCUT2D eigenvalue weighted by Crippen LogP contribution is -2.36. The van der Waals surface area contributed by atoms with Gasteiger partial charge in [0, 0.05) is 0 Å². The molecule has 108 valence electrons. The van der Waals surface area contributed by atoms with Gasteiger partial charge in [0.2, 0.25) is 0 Å². The molecular formula is C13H23N3O3. The van der Waals surface area contributed by atoms with Gasteiger partial charge >= 0.3 is 11.7 Å². The number of rotatable bonds is 2. The van der Waals surface area contributed by atoms with E-state index in [4.69, 9.17) is 4.74 Å². The van der Waals surface area contributed by atoms with Crippen LogP contribution in [0.1, 0.15) is 47.4 Å². The van der Waals surface area contributed by atoms with Crippen molar-refractivity contribution in [2.24, 2.45) is 5.41 Å². The number of aromatic nitrogens is 3. The van der Waals surface area contributed by atoms with Crippen molar-refractivity contribution < 1.29 is 9.53 Å². The maximum atomic E-state index is 12.2. The smallest absolute Gasteiger partial charge is 0.349 e. The lowest BCUT2D eigenvalue weighted by atomic mass is 9.98. The molecule has 0 aliphatic heterocycles. The van der Waals surface area contributed by atoms with E-state index in [-0.39, 0.29) is 18.4 Å². The van der Waals surface area contributed by atoms with E-state index in [0.717, 1.165) is 0 Å². The van der Waals surface area contributed by atoms with Gasteiger partial charge in [0.25, 0.3) is 0 Å². The first-order valence-electron chi connectivity index (χ1n) is 6.29. The van der Waals surface area contributed by atoms with Crippen LogP contribution in [0, 0.1) is 12.3 Å². The Labute approximate surface area is 113 Å². The van der Waals surface area contributed by atoms with Crippen LogP contribution in [0.25, 0.3) is 0 Å². The molecule has 0 bridgehead atoms. The lowest BCUT2D eigenvalue weighted by Gasteiger charge is -2.17. The first-order chi connectivity index (χ1) is 8.44. The highest BCUT2D eigenvalue weighted by Crippen LogP contribution is 2.15. The average Bonchev–Trinajstić information content (AvgIpc) is 2.49. The summed E-state index contributed by atoms with van der Waals surface area (Å²) in [6.07, 6.45) is 0. The zero-order chi connectivity index (χ0) is 15.0. The maximum Gasteiger partial charge on any atom is 0.349 e. The predicted octanol–water partition coefficient (Wildman–Crippen LogP) is 1.66. The second-order valence-corrected chi connectivity index (χ2v) is 6.65. The monoisotopic (exact) mass is 269 g/mol. The third-order valence-electron chi connectivity index (χ3n) is 2.62. The molecule has 1 aromatic rings. The van der Waals surface area contributed by atoms with Crippen LogP contribution in [-0.2, 0) is 21.8 Å². The van der Waals surface area contributed by atoms with E-state index in [0.29, 0.717) is 5.82 Å². The molecule has 0 atom stereocenters. The maximum absolute atomic E-state index is 12.2. The molecule has 1 heterocycles. The van der Waals surface area contributed by atoms with Crippen LogP contribution in [-0.4, -0.2) is 20.3 Å². The quantitative estimate of drug-likeness (QED) is 0.766. The highest BCUT2D eigenvalue weighted by molar-refractivity contribution is 5.75. The van der Waals surface area contributed by atoms with E-state index in [2.05, 4.69) is 5.10 Å². The fourth-order valence-corrected chi connectivity index (χ4v) is 1.42. The van der Waals surface area contributed by atoms with Crippen molar-refractivity contribution in [1.82, 2.24) is 14.3 Å². The molecule has 0 aromatic carbocycles. The number of esters is 1. The van der Waals surface area contributed by atoms with Gasteiger partial charge in [0.15, 0.2) is 6.73 Å². The minimum atomic E-state index is -0.586. The van der Waals surface area contributed by atoms with Crippen molar-refractivity contribution in [2.45, 2.75) is 60.7 Å². The number of ether oxygens (including phenoxy) is 1.